The van der Waals surface area contributed by atoms with Gasteiger partial charge in [0.2, 0.25) is 0 Å². The van der Waals surface area contributed by atoms with Crippen molar-refractivity contribution in [3.8, 4) is 5.75 Å². The van der Waals surface area contributed by atoms with Gasteiger partial charge >= 0.3 is 24.1 Å². The Morgan fingerprint density at radius 2 is 1.76 bits per heavy atom. The van der Waals surface area contributed by atoms with Gasteiger partial charge in [0.05, 0.1) is 38.8 Å². The molecule has 2 aromatic carbocycles. The normalized spacial score (nSPS) is 26.6. The van der Waals surface area contributed by atoms with Crippen molar-refractivity contribution in [2.45, 2.75) is 44.3 Å². The van der Waals surface area contributed by atoms with E-state index in [1.165, 1.54) is 0 Å². The van der Waals surface area contributed by atoms with Gasteiger partial charge in [-0.3, -0.25) is 9.59 Å². The Bertz CT molecular complexity index is 1510. The summed E-state index contributed by atoms with van der Waals surface area (Å²) in [7, 11) is -4.64. The van der Waals surface area contributed by atoms with Gasteiger partial charge in [0.15, 0.2) is 0 Å². The number of fused-ring (bicyclic) bond motifs is 1. The van der Waals surface area contributed by atoms with Crippen LogP contribution in [-0.4, -0.2) is 55.4 Å². The van der Waals surface area contributed by atoms with E-state index in [0.29, 0.717) is 11.6 Å². The van der Waals surface area contributed by atoms with Crippen LogP contribution in [0.25, 0.3) is 0 Å². The number of carbonyl (C=O) groups excluding carboxylic acids is 3. The average Bonchev–Trinajstić information content (AvgIpc) is 3.51. The summed E-state index contributed by atoms with van der Waals surface area (Å²) >= 11 is 0. The molecule has 1 aliphatic heterocycles. The fraction of sp³-hybridized carbons (Fsp3) is 0.464. The molecule has 0 aromatic heterocycles. The lowest BCUT2D eigenvalue weighted by molar-refractivity contribution is -0.155. The fourth-order valence-electron chi connectivity index (χ4n) is 6.14. The van der Waals surface area contributed by atoms with Crippen LogP contribution >= 0.6 is 0 Å². The van der Waals surface area contributed by atoms with E-state index in [1.807, 2.05) is 0 Å². The maximum atomic E-state index is 13.9. The molecule has 0 amide bonds. The molecule has 0 N–H and O–H groups in total. The molecule has 2 bridgehead atoms. The lowest BCUT2D eigenvalue weighted by Gasteiger charge is -2.30. The zero-order chi connectivity index (χ0) is 30.6. The van der Waals surface area contributed by atoms with Gasteiger partial charge in [-0.1, -0.05) is 30.3 Å². The number of benzene rings is 2. The maximum Gasteiger partial charge on any atom is 0.419 e. The monoisotopic (exact) mass is 611 g/mol. The van der Waals surface area contributed by atoms with Gasteiger partial charge in [0, 0.05) is 11.8 Å². The molecule has 3 fully saturated rings. The lowest BCUT2D eigenvalue weighted by Crippen LogP contribution is -2.44. The van der Waals surface area contributed by atoms with Gasteiger partial charge in [-0.05, 0) is 44.0 Å². The lowest BCUT2D eigenvalue weighted by atomic mass is 9.78. The van der Waals surface area contributed by atoms with Crippen molar-refractivity contribution >= 4 is 28.0 Å². The number of esters is 3. The number of hydrogen-bond donors (Lipinski definition) is 0. The van der Waals surface area contributed by atoms with Crippen LogP contribution in [0.15, 0.2) is 48.5 Å². The van der Waals surface area contributed by atoms with Gasteiger partial charge in [0.1, 0.15) is 30.2 Å². The molecule has 3 aliphatic rings. The highest BCUT2D eigenvalue weighted by molar-refractivity contribution is 7.85. The Labute approximate surface area is 238 Å². The maximum absolute atomic E-state index is 13.9. The molecule has 2 aliphatic carbocycles. The summed E-state index contributed by atoms with van der Waals surface area (Å²) in [6.07, 6.45) is -6.48. The van der Waals surface area contributed by atoms with Crippen LogP contribution in [0.3, 0.4) is 0 Å². The second-order valence-corrected chi connectivity index (χ2v) is 12.5. The largest absolute Gasteiger partial charge is 0.748 e. The third-order valence-electron chi connectivity index (χ3n) is 8.00. The average molecular weight is 612 g/mol. The van der Waals surface area contributed by atoms with Crippen molar-refractivity contribution in [2.24, 2.45) is 23.7 Å². The predicted molar refractivity (Wildman–Crippen MR) is 135 cm³/mol. The highest BCUT2D eigenvalue weighted by atomic mass is 32.2. The minimum atomic E-state index is -4.79. The van der Waals surface area contributed by atoms with Gasteiger partial charge < -0.3 is 23.5 Å². The topological polar surface area (TPSA) is 145 Å². The Morgan fingerprint density at radius 1 is 1.07 bits per heavy atom. The first kappa shape index (κ1) is 29.8. The summed E-state index contributed by atoms with van der Waals surface area (Å²) in [6, 6.07) is 11.1. The van der Waals surface area contributed by atoms with Crippen molar-refractivity contribution in [2.75, 3.05) is 12.4 Å². The highest BCUT2D eigenvalue weighted by Gasteiger charge is 2.70. The molecule has 5 rings (SSSR count). The third-order valence-corrected chi connectivity index (χ3v) is 8.66. The van der Waals surface area contributed by atoms with E-state index in [-0.39, 0.29) is 12.0 Å². The summed E-state index contributed by atoms with van der Waals surface area (Å²) in [6.45, 7) is 2.46. The summed E-state index contributed by atoms with van der Waals surface area (Å²) in [5, 5.41) is 0. The first-order valence-electron chi connectivity index (χ1n) is 13.0. The van der Waals surface area contributed by atoms with Crippen molar-refractivity contribution in [3.63, 3.8) is 0 Å². The van der Waals surface area contributed by atoms with Crippen LogP contribution in [0.1, 0.15) is 41.8 Å². The van der Waals surface area contributed by atoms with Crippen LogP contribution in [0.5, 0.6) is 5.75 Å². The molecular weight excluding hydrogens is 585 g/mol. The summed E-state index contributed by atoms with van der Waals surface area (Å²) in [5.74, 6) is -7.37. The number of rotatable bonds is 9. The van der Waals surface area contributed by atoms with E-state index in [4.69, 9.17) is 18.9 Å². The zero-order valence-electron chi connectivity index (χ0n) is 22.3. The smallest absolute Gasteiger partial charge is 0.419 e. The van der Waals surface area contributed by atoms with Crippen LogP contribution in [0.2, 0.25) is 0 Å². The van der Waals surface area contributed by atoms with Gasteiger partial charge in [-0.15, -0.1) is 0 Å². The molecule has 14 heteroatoms. The number of hydrogen-bond acceptors (Lipinski definition) is 10. The molecule has 226 valence electrons. The summed E-state index contributed by atoms with van der Waals surface area (Å²) < 4.78 is 95.9. The quantitative estimate of drug-likeness (QED) is 0.235. The third kappa shape index (κ3) is 5.69. The number of alkyl halides is 3. The van der Waals surface area contributed by atoms with Crippen LogP contribution in [-0.2, 0) is 45.7 Å². The Balaban J connectivity index is 1.37. The van der Waals surface area contributed by atoms with Crippen molar-refractivity contribution in [1.82, 2.24) is 0 Å². The van der Waals surface area contributed by atoms with E-state index in [1.54, 1.807) is 44.2 Å². The van der Waals surface area contributed by atoms with Crippen LogP contribution in [0, 0.1) is 23.7 Å². The molecule has 42 heavy (non-hydrogen) atoms. The van der Waals surface area contributed by atoms with E-state index in [2.05, 4.69) is 0 Å². The van der Waals surface area contributed by atoms with E-state index in [0.717, 1.165) is 12.1 Å². The minimum absolute atomic E-state index is 0.259. The molecule has 0 spiro atoms. The highest BCUT2D eigenvalue weighted by Crippen LogP contribution is 2.59. The van der Waals surface area contributed by atoms with Crippen molar-refractivity contribution in [1.29, 1.82) is 0 Å². The SMILES string of the molecule is CC(C)(Oc1cc(C(=O)OC2C3CC4C2OC(=O)C4C3C(=O)OCCS(=O)(=O)[O-])ccc1C(F)(F)F)c1ccccc1. The molecule has 2 saturated carbocycles. The molecule has 1 saturated heterocycles. The van der Waals surface area contributed by atoms with Gasteiger partial charge in [-0.2, -0.15) is 13.2 Å². The minimum Gasteiger partial charge on any atom is -0.748 e. The number of halogens is 3. The molecule has 2 aromatic rings. The number of carbonyl (C=O) groups is 3. The summed E-state index contributed by atoms with van der Waals surface area (Å²) in [4.78, 5) is 38.5. The molecule has 0 radical (unpaired) electrons. The standard InChI is InChI=1S/C28H27F3O10S/c1-27(2,15-6-4-3-5-7-15)41-19-12-14(8-9-18(19)28(29,30)31)24(32)39-22-16-13-17-21(26(34)40-23(17)22)20(16)25(33)38-10-11-42(35,36)37/h3-9,12,16-17,20-23H,10-11,13H2,1-2H3,(H,35,36,37)/p-1. The zero-order valence-corrected chi connectivity index (χ0v) is 23.1. The van der Waals surface area contributed by atoms with E-state index in [9.17, 15) is 40.5 Å². The van der Waals surface area contributed by atoms with Crippen molar-refractivity contribution in [3.05, 3.63) is 65.2 Å². The summed E-state index contributed by atoms with van der Waals surface area (Å²) in [5.41, 5.74) is -1.97. The predicted octanol–water partition coefficient (Wildman–Crippen LogP) is 3.44. The van der Waals surface area contributed by atoms with E-state index < -0.39 is 99.4 Å². The molecule has 1 heterocycles. The Kier molecular flexibility index (Phi) is 7.50. The number of ether oxygens (including phenoxy) is 4. The van der Waals surface area contributed by atoms with Crippen LogP contribution in [0.4, 0.5) is 13.2 Å². The fourth-order valence-corrected chi connectivity index (χ4v) is 6.43. The van der Waals surface area contributed by atoms with Crippen LogP contribution < -0.4 is 4.74 Å². The van der Waals surface area contributed by atoms with Gasteiger partial charge in [-0.25, -0.2) is 13.2 Å². The van der Waals surface area contributed by atoms with Gasteiger partial charge in [0.25, 0.3) is 0 Å². The Morgan fingerprint density at radius 3 is 2.40 bits per heavy atom. The second-order valence-electron chi connectivity index (χ2n) is 11.0. The Hall–Kier alpha value is -3.65. The molecule has 10 nitrogen and oxygen atoms in total. The first-order chi connectivity index (χ1) is 19.6. The molecule has 6 atom stereocenters. The molecular formula is C28H26F3O10S-. The second kappa shape index (κ2) is 10.6. The first-order valence-corrected chi connectivity index (χ1v) is 14.6. The van der Waals surface area contributed by atoms with E-state index >= 15 is 0 Å². The van der Waals surface area contributed by atoms with Crippen molar-refractivity contribution < 1.29 is 59.5 Å². The molecule has 6 unspecified atom stereocenters.